The van der Waals surface area contributed by atoms with Gasteiger partial charge in [-0.3, -0.25) is 14.4 Å². The molecule has 2 atom stereocenters. The normalized spacial score (nSPS) is 24.0. The smallest absolute Gasteiger partial charge is 0.290 e. The first kappa shape index (κ1) is 17.5. The van der Waals surface area contributed by atoms with Crippen molar-refractivity contribution in [1.82, 2.24) is 15.1 Å². The van der Waals surface area contributed by atoms with Crippen molar-refractivity contribution >= 4 is 17.7 Å². The number of rotatable bonds is 3. The van der Waals surface area contributed by atoms with Gasteiger partial charge in [-0.2, -0.15) is 0 Å². The largest absolute Gasteiger partial charge is 0.459 e. The summed E-state index contributed by atoms with van der Waals surface area (Å²) in [6.07, 6.45) is 5.70. The van der Waals surface area contributed by atoms with Crippen molar-refractivity contribution in [1.29, 1.82) is 0 Å². The van der Waals surface area contributed by atoms with Crippen LogP contribution in [0, 0.1) is 0 Å². The maximum Gasteiger partial charge on any atom is 0.290 e. The van der Waals surface area contributed by atoms with Gasteiger partial charge in [0.25, 0.3) is 5.91 Å². The molecule has 3 amide bonds. The third-order valence-electron chi connectivity index (χ3n) is 4.92. The molecule has 1 N–H and O–H groups in total. The molecule has 0 aliphatic carbocycles. The molecule has 3 rings (SSSR count). The fraction of sp³-hybridized carbons (Fsp3) is 0.611. The molecule has 2 aliphatic rings. The zero-order valence-corrected chi connectivity index (χ0v) is 14.6. The maximum atomic E-state index is 13.1. The van der Waals surface area contributed by atoms with Gasteiger partial charge in [0.2, 0.25) is 11.8 Å². The van der Waals surface area contributed by atoms with Crippen LogP contribution in [-0.2, 0) is 9.59 Å². The van der Waals surface area contributed by atoms with E-state index in [1.165, 1.54) is 13.2 Å². The predicted octanol–water partition coefficient (Wildman–Crippen LogP) is 1.40. The summed E-state index contributed by atoms with van der Waals surface area (Å²) < 4.78 is 5.22. The minimum absolute atomic E-state index is 0.00647. The Kier molecular flexibility index (Phi) is 5.40. The molecule has 2 aliphatic heterocycles. The lowest BCUT2D eigenvalue weighted by molar-refractivity contribution is -0.139. The molecule has 0 radical (unpaired) electrons. The highest BCUT2D eigenvalue weighted by Crippen LogP contribution is 2.23. The van der Waals surface area contributed by atoms with Crippen LogP contribution in [0.5, 0.6) is 0 Å². The number of furan rings is 1. The number of nitrogens with one attached hydrogen (secondary N) is 1. The minimum Gasteiger partial charge on any atom is -0.459 e. The highest BCUT2D eigenvalue weighted by atomic mass is 16.3. The Morgan fingerprint density at radius 3 is 2.72 bits per heavy atom. The van der Waals surface area contributed by atoms with Crippen LogP contribution in [0.3, 0.4) is 0 Å². The van der Waals surface area contributed by atoms with E-state index in [4.69, 9.17) is 4.42 Å². The van der Waals surface area contributed by atoms with E-state index in [0.29, 0.717) is 26.1 Å². The van der Waals surface area contributed by atoms with Gasteiger partial charge in [0.05, 0.1) is 6.26 Å². The Bertz CT molecular complexity index is 628. The standard InChI is InChI=1S/C18H25N3O4/c1-13(22)19-14-6-4-9-20(12-14)17(23)15-7-2-3-10-21(15)18(24)16-8-5-11-25-16/h5,8,11,14-15H,2-4,6-7,9-10,12H2,1H3,(H,19,22). The third-order valence-corrected chi connectivity index (χ3v) is 4.92. The zero-order valence-electron chi connectivity index (χ0n) is 14.6. The van der Waals surface area contributed by atoms with E-state index in [-0.39, 0.29) is 29.5 Å². The molecule has 1 aromatic heterocycles. The Morgan fingerprint density at radius 2 is 2.00 bits per heavy atom. The average Bonchev–Trinajstić information content (AvgIpc) is 3.15. The summed E-state index contributed by atoms with van der Waals surface area (Å²) in [4.78, 5) is 40.5. The second-order valence-corrected chi connectivity index (χ2v) is 6.81. The molecule has 136 valence electrons. The van der Waals surface area contributed by atoms with Crippen LogP contribution < -0.4 is 5.32 Å². The maximum absolute atomic E-state index is 13.1. The number of amides is 3. The molecule has 3 heterocycles. The van der Waals surface area contributed by atoms with Crippen molar-refractivity contribution in [2.75, 3.05) is 19.6 Å². The summed E-state index contributed by atoms with van der Waals surface area (Å²) in [7, 11) is 0. The zero-order chi connectivity index (χ0) is 17.8. The monoisotopic (exact) mass is 347 g/mol. The van der Waals surface area contributed by atoms with E-state index >= 15 is 0 Å². The van der Waals surface area contributed by atoms with Crippen molar-refractivity contribution in [2.45, 2.75) is 51.1 Å². The lowest BCUT2D eigenvalue weighted by Crippen LogP contribution is -2.57. The SMILES string of the molecule is CC(=O)NC1CCCN(C(=O)C2CCCCN2C(=O)c2ccco2)C1. The first-order valence-corrected chi connectivity index (χ1v) is 8.96. The minimum atomic E-state index is -0.442. The molecule has 1 aromatic rings. The predicted molar refractivity (Wildman–Crippen MR) is 90.8 cm³/mol. The van der Waals surface area contributed by atoms with E-state index in [2.05, 4.69) is 5.32 Å². The van der Waals surface area contributed by atoms with E-state index in [0.717, 1.165) is 25.7 Å². The highest BCUT2D eigenvalue weighted by molar-refractivity contribution is 5.95. The lowest BCUT2D eigenvalue weighted by atomic mass is 9.98. The van der Waals surface area contributed by atoms with Gasteiger partial charge in [-0.25, -0.2) is 0 Å². The first-order chi connectivity index (χ1) is 12.1. The number of carbonyl (C=O) groups is 3. The van der Waals surface area contributed by atoms with Crippen LogP contribution in [0.2, 0.25) is 0 Å². The summed E-state index contributed by atoms with van der Waals surface area (Å²) in [5, 5.41) is 2.90. The molecule has 7 nitrogen and oxygen atoms in total. The quantitative estimate of drug-likeness (QED) is 0.896. The fourth-order valence-electron chi connectivity index (χ4n) is 3.77. The van der Waals surface area contributed by atoms with Crippen molar-refractivity contribution in [3.8, 4) is 0 Å². The second kappa shape index (κ2) is 7.72. The van der Waals surface area contributed by atoms with Gasteiger partial charge in [-0.15, -0.1) is 0 Å². The van der Waals surface area contributed by atoms with Crippen LogP contribution in [0.25, 0.3) is 0 Å². The van der Waals surface area contributed by atoms with Crippen molar-refractivity contribution < 1.29 is 18.8 Å². The molecule has 2 fully saturated rings. The third kappa shape index (κ3) is 4.03. The highest BCUT2D eigenvalue weighted by Gasteiger charge is 2.37. The van der Waals surface area contributed by atoms with Crippen LogP contribution in [0.15, 0.2) is 22.8 Å². The molecule has 0 bridgehead atoms. The van der Waals surface area contributed by atoms with Gasteiger partial charge in [0, 0.05) is 32.6 Å². The topological polar surface area (TPSA) is 82.9 Å². The molecule has 0 aromatic carbocycles. The Morgan fingerprint density at radius 1 is 1.16 bits per heavy atom. The summed E-state index contributed by atoms with van der Waals surface area (Å²) in [6, 6.07) is 2.86. The Labute approximate surface area is 147 Å². The van der Waals surface area contributed by atoms with Gasteiger partial charge in [-0.1, -0.05) is 0 Å². The summed E-state index contributed by atoms with van der Waals surface area (Å²) >= 11 is 0. The average molecular weight is 347 g/mol. The van der Waals surface area contributed by atoms with E-state index in [1.807, 2.05) is 0 Å². The molecule has 0 saturated carbocycles. The molecule has 25 heavy (non-hydrogen) atoms. The summed E-state index contributed by atoms with van der Waals surface area (Å²) in [5.74, 6) is -0.0471. The molecular weight excluding hydrogens is 322 g/mol. The number of hydrogen-bond donors (Lipinski definition) is 1. The molecule has 2 saturated heterocycles. The van der Waals surface area contributed by atoms with Gasteiger partial charge in [0.15, 0.2) is 5.76 Å². The van der Waals surface area contributed by atoms with Gasteiger partial charge in [0.1, 0.15) is 6.04 Å². The van der Waals surface area contributed by atoms with Crippen molar-refractivity contribution in [3.63, 3.8) is 0 Å². The summed E-state index contributed by atoms with van der Waals surface area (Å²) in [6.45, 7) is 3.25. The summed E-state index contributed by atoms with van der Waals surface area (Å²) in [5.41, 5.74) is 0. The van der Waals surface area contributed by atoms with Crippen molar-refractivity contribution in [3.05, 3.63) is 24.2 Å². The van der Waals surface area contributed by atoms with Crippen LogP contribution in [0.4, 0.5) is 0 Å². The number of likely N-dealkylation sites (tertiary alicyclic amines) is 2. The van der Waals surface area contributed by atoms with E-state index in [9.17, 15) is 14.4 Å². The fourth-order valence-corrected chi connectivity index (χ4v) is 3.77. The lowest BCUT2D eigenvalue weighted by Gasteiger charge is -2.40. The van der Waals surface area contributed by atoms with E-state index < -0.39 is 6.04 Å². The molecular formula is C18H25N3O4. The first-order valence-electron chi connectivity index (χ1n) is 8.96. The van der Waals surface area contributed by atoms with Crippen molar-refractivity contribution in [2.24, 2.45) is 0 Å². The van der Waals surface area contributed by atoms with Gasteiger partial charge < -0.3 is 19.5 Å². The second-order valence-electron chi connectivity index (χ2n) is 6.81. The van der Waals surface area contributed by atoms with Gasteiger partial charge in [-0.05, 0) is 44.2 Å². The van der Waals surface area contributed by atoms with Gasteiger partial charge >= 0.3 is 0 Å². The van der Waals surface area contributed by atoms with Crippen LogP contribution in [0.1, 0.15) is 49.6 Å². The number of carbonyl (C=O) groups excluding carboxylic acids is 3. The number of nitrogens with zero attached hydrogens (tertiary/aromatic N) is 2. The number of hydrogen-bond acceptors (Lipinski definition) is 4. The molecule has 0 spiro atoms. The van der Waals surface area contributed by atoms with Crippen LogP contribution >= 0.6 is 0 Å². The number of piperidine rings is 2. The molecule has 7 heteroatoms. The van der Waals surface area contributed by atoms with E-state index in [1.54, 1.807) is 21.9 Å². The Balaban J connectivity index is 1.70. The van der Waals surface area contributed by atoms with Crippen LogP contribution in [-0.4, -0.2) is 59.2 Å². The molecule has 2 unspecified atom stereocenters. The Hall–Kier alpha value is -2.31.